The van der Waals surface area contributed by atoms with Crippen molar-refractivity contribution in [3.05, 3.63) is 33.9 Å². The molecule has 0 aliphatic rings. The molecule has 1 rings (SSSR count). The van der Waals surface area contributed by atoms with Crippen LogP contribution in [-0.4, -0.2) is 31.2 Å². The number of benzene rings is 1. The number of hydrogen-bond donors (Lipinski definition) is 0. The van der Waals surface area contributed by atoms with Crippen LogP contribution in [0.1, 0.15) is 10.4 Å². The Kier molecular flexibility index (Phi) is 4.08. The molecule has 0 fully saturated rings. The summed E-state index contributed by atoms with van der Waals surface area (Å²) in [6, 6.07) is 3.67. The monoisotopic (exact) mass is 244 g/mol. The predicted molar refractivity (Wildman–Crippen MR) is 57.8 cm³/mol. The highest BCUT2D eigenvalue weighted by atomic mass is 19.3. The number of nitrogens with zero attached hydrogens (tertiary/aromatic N) is 2. The molecule has 0 unspecified atom stereocenters. The molecule has 0 N–H and O–H groups in total. The molecular formula is C10H10F2N2O3. The smallest absolute Gasteiger partial charge is 0.280 e. The summed E-state index contributed by atoms with van der Waals surface area (Å²) in [5, 5.41) is 10.6. The zero-order chi connectivity index (χ0) is 13.0. The van der Waals surface area contributed by atoms with Gasteiger partial charge in [-0.1, -0.05) is 0 Å². The van der Waals surface area contributed by atoms with Crippen molar-refractivity contribution in [2.24, 2.45) is 0 Å². The van der Waals surface area contributed by atoms with Gasteiger partial charge in [-0.05, 0) is 12.1 Å². The molecule has 0 atom stereocenters. The van der Waals surface area contributed by atoms with Crippen LogP contribution in [0.4, 0.5) is 20.2 Å². The fourth-order valence-electron chi connectivity index (χ4n) is 1.35. The van der Waals surface area contributed by atoms with Crippen molar-refractivity contribution in [1.29, 1.82) is 0 Å². The third-order valence-electron chi connectivity index (χ3n) is 2.19. The van der Waals surface area contributed by atoms with Gasteiger partial charge >= 0.3 is 0 Å². The van der Waals surface area contributed by atoms with Crippen LogP contribution in [0.2, 0.25) is 0 Å². The molecule has 5 nitrogen and oxygen atoms in total. The Morgan fingerprint density at radius 1 is 1.53 bits per heavy atom. The topological polar surface area (TPSA) is 63.4 Å². The van der Waals surface area contributed by atoms with Gasteiger partial charge in [-0.2, -0.15) is 0 Å². The Hall–Kier alpha value is -2.05. The zero-order valence-electron chi connectivity index (χ0n) is 8.97. The van der Waals surface area contributed by atoms with Gasteiger partial charge in [0, 0.05) is 18.8 Å². The third-order valence-corrected chi connectivity index (χ3v) is 2.19. The summed E-state index contributed by atoms with van der Waals surface area (Å²) in [6.07, 6.45) is -2.19. The van der Waals surface area contributed by atoms with E-state index in [1.54, 1.807) is 0 Å². The maximum absolute atomic E-state index is 12.1. The lowest BCUT2D eigenvalue weighted by Gasteiger charge is -2.18. The number of hydrogen-bond acceptors (Lipinski definition) is 4. The minimum Gasteiger partial charge on any atom is -0.369 e. The van der Waals surface area contributed by atoms with E-state index in [2.05, 4.69) is 0 Å². The fourth-order valence-corrected chi connectivity index (χ4v) is 1.35. The number of carbonyl (C=O) groups is 1. The Labute approximate surface area is 95.8 Å². The van der Waals surface area contributed by atoms with Crippen molar-refractivity contribution in [3.63, 3.8) is 0 Å². The van der Waals surface area contributed by atoms with E-state index in [-0.39, 0.29) is 11.3 Å². The van der Waals surface area contributed by atoms with Crippen molar-refractivity contribution < 1.29 is 18.5 Å². The Morgan fingerprint density at radius 3 is 2.65 bits per heavy atom. The number of aldehydes is 1. The Bertz CT molecular complexity index is 438. The summed E-state index contributed by atoms with van der Waals surface area (Å²) < 4.78 is 24.3. The number of nitro benzene ring substituents is 1. The van der Waals surface area contributed by atoms with Crippen LogP contribution in [0.3, 0.4) is 0 Å². The molecule has 1 aromatic rings. The molecule has 0 spiro atoms. The molecule has 0 radical (unpaired) electrons. The fraction of sp³-hybridized carbons (Fsp3) is 0.300. The van der Waals surface area contributed by atoms with Crippen molar-refractivity contribution in [3.8, 4) is 0 Å². The van der Waals surface area contributed by atoms with Gasteiger partial charge in [-0.25, -0.2) is 8.78 Å². The lowest BCUT2D eigenvalue weighted by atomic mass is 10.1. The second-order valence-electron chi connectivity index (χ2n) is 3.39. The second-order valence-corrected chi connectivity index (χ2v) is 3.39. The van der Waals surface area contributed by atoms with Gasteiger partial charge in [0.1, 0.15) is 0 Å². The van der Waals surface area contributed by atoms with Crippen molar-refractivity contribution in [2.75, 3.05) is 18.5 Å². The molecule has 7 heteroatoms. The number of anilines is 1. The van der Waals surface area contributed by atoms with Crippen molar-refractivity contribution in [1.82, 2.24) is 0 Å². The van der Waals surface area contributed by atoms with E-state index < -0.39 is 17.9 Å². The van der Waals surface area contributed by atoms with Crippen LogP contribution in [0.5, 0.6) is 0 Å². The lowest BCUT2D eigenvalue weighted by Crippen LogP contribution is -2.24. The van der Waals surface area contributed by atoms with E-state index in [9.17, 15) is 23.7 Å². The largest absolute Gasteiger partial charge is 0.369 e. The van der Waals surface area contributed by atoms with Crippen LogP contribution in [0, 0.1) is 10.1 Å². The minimum absolute atomic E-state index is 0.131. The Morgan fingerprint density at radius 2 is 2.18 bits per heavy atom. The number of halogens is 2. The molecule has 0 aliphatic carbocycles. The van der Waals surface area contributed by atoms with Gasteiger partial charge in [0.2, 0.25) is 0 Å². The van der Waals surface area contributed by atoms with Crippen LogP contribution in [0.15, 0.2) is 18.2 Å². The van der Waals surface area contributed by atoms with E-state index >= 15 is 0 Å². The summed E-state index contributed by atoms with van der Waals surface area (Å²) in [5.74, 6) is 0. The average Bonchev–Trinajstić information content (AvgIpc) is 2.27. The van der Waals surface area contributed by atoms with E-state index in [0.717, 1.165) is 6.07 Å². The second kappa shape index (κ2) is 5.33. The van der Waals surface area contributed by atoms with Gasteiger partial charge < -0.3 is 4.90 Å². The molecular weight excluding hydrogens is 234 g/mol. The highest BCUT2D eigenvalue weighted by Crippen LogP contribution is 2.23. The molecule has 0 saturated carbocycles. The molecule has 92 valence electrons. The highest BCUT2D eigenvalue weighted by Gasteiger charge is 2.16. The Balaban J connectivity index is 3.05. The zero-order valence-corrected chi connectivity index (χ0v) is 8.97. The standard InChI is InChI=1S/C10H10F2N2O3/c1-13(5-10(11)12)8-2-3-9(14(16)17)7(4-8)6-15/h2-4,6,10H,5H2,1H3. The molecule has 0 aliphatic heterocycles. The summed E-state index contributed by atoms with van der Waals surface area (Å²) in [5.41, 5.74) is -0.138. The highest BCUT2D eigenvalue weighted by molar-refractivity contribution is 5.83. The summed E-state index contributed by atoms with van der Waals surface area (Å²) in [7, 11) is 1.42. The van der Waals surface area contributed by atoms with Gasteiger partial charge in [-0.15, -0.1) is 0 Å². The van der Waals surface area contributed by atoms with Crippen molar-refractivity contribution >= 4 is 17.7 Å². The maximum Gasteiger partial charge on any atom is 0.280 e. The van der Waals surface area contributed by atoms with Gasteiger partial charge in [0.15, 0.2) is 6.29 Å². The number of carbonyl (C=O) groups excluding carboxylic acids is 1. The SMILES string of the molecule is CN(CC(F)F)c1ccc([N+](=O)[O-])c(C=O)c1. The van der Waals surface area contributed by atoms with E-state index in [1.165, 1.54) is 24.1 Å². The number of rotatable bonds is 5. The first-order valence-corrected chi connectivity index (χ1v) is 4.68. The van der Waals surface area contributed by atoms with Crippen molar-refractivity contribution in [2.45, 2.75) is 6.43 Å². The van der Waals surface area contributed by atoms with Crippen LogP contribution in [-0.2, 0) is 0 Å². The van der Waals surface area contributed by atoms with Gasteiger partial charge in [-0.3, -0.25) is 14.9 Å². The lowest BCUT2D eigenvalue weighted by molar-refractivity contribution is -0.385. The maximum atomic E-state index is 12.1. The van der Waals surface area contributed by atoms with Gasteiger partial charge in [0.05, 0.1) is 17.0 Å². The third kappa shape index (κ3) is 3.20. The summed E-state index contributed by atoms with van der Waals surface area (Å²) in [6.45, 7) is -0.504. The predicted octanol–water partition coefficient (Wildman–Crippen LogP) is 2.11. The normalized spacial score (nSPS) is 10.4. The molecule has 1 aromatic carbocycles. The average molecular weight is 244 g/mol. The number of nitro groups is 1. The first-order chi connectivity index (χ1) is 7.95. The molecule has 0 bridgehead atoms. The van der Waals surface area contributed by atoms with E-state index in [1.807, 2.05) is 0 Å². The molecule has 0 aromatic heterocycles. The molecule has 0 heterocycles. The quantitative estimate of drug-likeness (QED) is 0.452. The van der Waals surface area contributed by atoms with E-state index in [0.29, 0.717) is 12.0 Å². The van der Waals surface area contributed by atoms with E-state index in [4.69, 9.17) is 0 Å². The van der Waals surface area contributed by atoms with Crippen LogP contribution in [0.25, 0.3) is 0 Å². The first kappa shape index (κ1) is 13.0. The summed E-state index contributed by atoms with van der Waals surface area (Å²) in [4.78, 5) is 21.7. The molecule has 17 heavy (non-hydrogen) atoms. The minimum atomic E-state index is -2.52. The summed E-state index contributed by atoms with van der Waals surface area (Å²) >= 11 is 0. The molecule has 0 saturated heterocycles. The molecule has 0 amide bonds. The van der Waals surface area contributed by atoms with Crippen LogP contribution >= 0.6 is 0 Å². The first-order valence-electron chi connectivity index (χ1n) is 4.68. The van der Waals surface area contributed by atoms with Gasteiger partial charge in [0.25, 0.3) is 12.1 Å². The van der Waals surface area contributed by atoms with Crippen LogP contribution < -0.4 is 4.90 Å². The number of alkyl halides is 2.